The highest BCUT2D eigenvalue weighted by Crippen LogP contribution is 2.66. The first-order valence-electron chi connectivity index (χ1n) is 6.94. The van der Waals surface area contributed by atoms with Crippen molar-refractivity contribution in [1.82, 2.24) is 0 Å². The van der Waals surface area contributed by atoms with Gasteiger partial charge in [-0.3, -0.25) is 0 Å². The molecule has 0 saturated heterocycles. The van der Waals surface area contributed by atoms with E-state index in [0.717, 1.165) is 0 Å². The van der Waals surface area contributed by atoms with Crippen molar-refractivity contribution in [3.05, 3.63) is 0 Å². The normalized spacial score (nSPS) is 16.9. The molecule has 0 aliphatic rings. The molecule has 0 aromatic rings. The van der Waals surface area contributed by atoms with E-state index in [0.29, 0.717) is 0 Å². The Morgan fingerprint density at radius 2 is 0.441 bits per heavy atom. The van der Waals surface area contributed by atoms with Gasteiger partial charge >= 0.3 is 65.9 Å². The van der Waals surface area contributed by atoms with Crippen molar-refractivity contribution in [2.45, 2.75) is 65.9 Å². The summed E-state index contributed by atoms with van der Waals surface area (Å²) in [5.74, 6) is -80.0. The van der Waals surface area contributed by atoms with E-state index in [9.17, 15) is 101 Å². The Hall–Kier alpha value is -1.61. The molecule has 0 fully saturated rings. The standard InChI is InChI=1S/C11HF23/c12-1(13)2(14,15)3(16,17)4(18,19)5(20,21)6(22,23)7(24,25)8(26,27)9(28,29)10(30,31)11(32,33)34/h1H. The van der Waals surface area contributed by atoms with Crippen LogP contribution in [0.2, 0.25) is 0 Å². The Bertz CT molecular complexity index is 737. The van der Waals surface area contributed by atoms with Crippen LogP contribution in [0.3, 0.4) is 0 Å². The maximum Gasteiger partial charge on any atom is 0.460 e. The lowest BCUT2D eigenvalue weighted by Gasteiger charge is -2.44. The van der Waals surface area contributed by atoms with Crippen LogP contribution in [-0.4, -0.2) is 65.9 Å². The Labute approximate surface area is 168 Å². The fourth-order valence-corrected chi connectivity index (χ4v) is 1.71. The fourth-order valence-electron chi connectivity index (χ4n) is 1.71. The number of halogens is 23. The summed E-state index contributed by atoms with van der Waals surface area (Å²) in [6.07, 6.45) is -14.3. The quantitative estimate of drug-likeness (QED) is 0.252. The predicted octanol–water partition coefficient (Wildman–Crippen LogP) is 7.53. The van der Waals surface area contributed by atoms with E-state index in [4.69, 9.17) is 0 Å². The molecule has 0 heterocycles. The first kappa shape index (κ1) is 32.4. The van der Waals surface area contributed by atoms with E-state index in [2.05, 4.69) is 0 Å². The molecule has 0 rings (SSSR count). The van der Waals surface area contributed by atoms with E-state index in [1.54, 1.807) is 0 Å². The third-order valence-corrected chi connectivity index (χ3v) is 3.81. The Morgan fingerprint density at radius 1 is 0.265 bits per heavy atom. The van der Waals surface area contributed by atoms with Crippen LogP contribution in [-0.2, 0) is 0 Å². The van der Waals surface area contributed by atoms with Crippen LogP contribution in [0.4, 0.5) is 101 Å². The highest BCUT2D eigenvalue weighted by atomic mass is 19.4. The van der Waals surface area contributed by atoms with Crippen molar-refractivity contribution in [2.75, 3.05) is 0 Å². The molecule has 0 aromatic heterocycles. The third kappa shape index (κ3) is 3.60. The minimum Gasteiger partial charge on any atom is -0.203 e. The molecule has 0 aliphatic carbocycles. The average molecular weight is 570 g/mol. The first-order valence-corrected chi connectivity index (χ1v) is 6.94. The molecule has 0 bridgehead atoms. The molecule has 0 atom stereocenters. The van der Waals surface area contributed by atoms with E-state index in [1.165, 1.54) is 0 Å². The van der Waals surface area contributed by atoms with Gasteiger partial charge in [0.2, 0.25) is 0 Å². The molecule has 0 aromatic carbocycles. The van der Waals surface area contributed by atoms with E-state index in [1.807, 2.05) is 0 Å². The highest BCUT2D eigenvalue weighted by Gasteiger charge is 2.98. The molecule has 34 heavy (non-hydrogen) atoms. The van der Waals surface area contributed by atoms with Gasteiger partial charge in [0, 0.05) is 0 Å². The SMILES string of the molecule is FC(F)C(F)(F)C(F)(F)C(F)(F)C(F)(F)C(F)(F)C(F)(F)C(F)(F)C(F)(F)C(F)(F)C(F)(F)F. The molecule has 206 valence electrons. The van der Waals surface area contributed by atoms with Crippen LogP contribution in [0.15, 0.2) is 0 Å². The molecule has 0 unspecified atom stereocenters. The lowest BCUT2D eigenvalue weighted by atomic mass is 9.86. The lowest BCUT2D eigenvalue weighted by molar-refractivity contribution is -0.476. The van der Waals surface area contributed by atoms with Gasteiger partial charge in [0.25, 0.3) is 0 Å². The topological polar surface area (TPSA) is 0 Å². The number of alkyl halides is 23. The molecule has 0 amide bonds. The molecular formula is C11HF23. The van der Waals surface area contributed by atoms with Gasteiger partial charge in [-0.25, -0.2) is 8.78 Å². The summed E-state index contributed by atoms with van der Waals surface area (Å²) < 4.78 is 292. The minimum absolute atomic E-state index is 6.20. The van der Waals surface area contributed by atoms with Gasteiger partial charge in [-0.15, -0.1) is 0 Å². The molecule has 0 radical (unpaired) electrons. The van der Waals surface area contributed by atoms with Crippen LogP contribution in [0.25, 0.3) is 0 Å². The van der Waals surface area contributed by atoms with Gasteiger partial charge in [-0.2, -0.15) is 92.2 Å². The van der Waals surface area contributed by atoms with E-state index >= 15 is 0 Å². The smallest absolute Gasteiger partial charge is 0.203 e. The summed E-state index contributed by atoms with van der Waals surface area (Å²) in [6, 6.07) is 0. The second kappa shape index (κ2) is 7.69. The molecule has 0 saturated carbocycles. The zero-order valence-corrected chi connectivity index (χ0v) is 14.3. The maximum atomic E-state index is 13.2. The summed E-state index contributed by atoms with van der Waals surface area (Å²) in [4.78, 5) is 0. The van der Waals surface area contributed by atoms with Crippen molar-refractivity contribution in [3.63, 3.8) is 0 Å². The van der Waals surface area contributed by atoms with E-state index in [-0.39, 0.29) is 0 Å². The monoisotopic (exact) mass is 570 g/mol. The summed E-state index contributed by atoms with van der Waals surface area (Å²) >= 11 is 0. The lowest BCUT2D eigenvalue weighted by Crippen LogP contribution is -2.77. The fraction of sp³-hybridized carbons (Fsp3) is 1.00. The largest absolute Gasteiger partial charge is 0.460 e. The van der Waals surface area contributed by atoms with Crippen LogP contribution < -0.4 is 0 Å². The molecule has 0 aliphatic heterocycles. The predicted molar refractivity (Wildman–Crippen MR) is 56.6 cm³/mol. The number of hydrogen-bond donors (Lipinski definition) is 0. The second-order valence-corrected chi connectivity index (χ2v) is 6.02. The maximum absolute atomic E-state index is 13.2. The number of rotatable bonds is 9. The van der Waals surface area contributed by atoms with Crippen LogP contribution >= 0.6 is 0 Å². The van der Waals surface area contributed by atoms with Crippen molar-refractivity contribution in [1.29, 1.82) is 0 Å². The van der Waals surface area contributed by atoms with Crippen LogP contribution in [0, 0.1) is 0 Å². The van der Waals surface area contributed by atoms with Gasteiger partial charge in [-0.05, 0) is 0 Å². The molecule has 0 nitrogen and oxygen atoms in total. The first-order chi connectivity index (χ1) is 14.2. The van der Waals surface area contributed by atoms with Crippen molar-refractivity contribution in [3.8, 4) is 0 Å². The molecule has 0 N–H and O–H groups in total. The third-order valence-electron chi connectivity index (χ3n) is 3.81. The van der Waals surface area contributed by atoms with Crippen molar-refractivity contribution in [2.24, 2.45) is 0 Å². The number of hydrogen-bond acceptors (Lipinski definition) is 0. The summed E-state index contributed by atoms with van der Waals surface area (Å²) in [5.41, 5.74) is 0. The summed E-state index contributed by atoms with van der Waals surface area (Å²) in [6.45, 7) is 0. The Kier molecular flexibility index (Phi) is 7.33. The van der Waals surface area contributed by atoms with Gasteiger partial charge in [0.1, 0.15) is 0 Å². The zero-order chi connectivity index (χ0) is 28.6. The van der Waals surface area contributed by atoms with Gasteiger partial charge in [0.15, 0.2) is 0 Å². The summed E-state index contributed by atoms with van der Waals surface area (Å²) in [7, 11) is 0. The van der Waals surface area contributed by atoms with Crippen molar-refractivity contribution >= 4 is 0 Å². The zero-order valence-electron chi connectivity index (χ0n) is 14.3. The average Bonchev–Trinajstić information content (AvgIpc) is 2.58. The minimum atomic E-state index is -9.33. The summed E-state index contributed by atoms with van der Waals surface area (Å²) in [5, 5.41) is 0. The van der Waals surface area contributed by atoms with E-state index < -0.39 is 65.9 Å². The van der Waals surface area contributed by atoms with Crippen LogP contribution in [0.5, 0.6) is 0 Å². The Morgan fingerprint density at radius 3 is 0.618 bits per heavy atom. The Balaban J connectivity index is 7.08. The van der Waals surface area contributed by atoms with Gasteiger partial charge in [-0.1, -0.05) is 0 Å². The molecule has 0 spiro atoms. The highest BCUT2D eigenvalue weighted by molar-refractivity contribution is 5.18. The van der Waals surface area contributed by atoms with Gasteiger partial charge < -0.3 is 0 Å². The molecular weight excluding hydrogens is 569 g/mol. The van der Waals surface area contributed by atoms with Crippen molar-refractivity contribution < 1.29 is 101 Å². The molecule has 23 heteroatoms. The van der Waals surface area contributed by atoms with Gasteiger partial charge in [0.05, 0.1) is 0 Å². The second-order valence-electron chi connectivity index (χ2n) is 6.02. The van der Waals surface area contributed by atoms with Crippen LogP contribution in [0.1, 0.15) is 0 Å².